The Labute approximate surface area is 199 Å². The van der Waals surface area contributed by atoms with Crippen LogP contribution in [0.15, 0.2) is 65.8 Å². The van der Waals surface area contributed by atoms with Crippen molar-refractivity contribution < 1.29 is 14.2 Å². The molecule has 1 N–H and O–H groups in total. The lowest BCUT2D eigenvalue weighted by atomic mass is 9.86. The molecule has 2 atom stereocenters. The molecular weight excluding hydrogens is 460 g/mol. The van der Waals surface area contributed by atoms with Crippen molar-refractivity contribution in [2.75, 3.05) is 19.5 Å². The van der Waals surface area contributed by atoms with Crippen molar-refractivity contribution in [3.05, 3.63) is 86.8 Å². The highest BCUT2D eigenvalue weighted by Gasteiger charge is 2.42. The van der Waals surface area contributed by atoms with Gasteiger partial charge >= 0.3 is 0 Å². The Morgan fingerprint density at radius 2 is 2.03 bits per heavy atom. The lowest BCUT2D eigenvalue weighted by molar-refractivity contribution is 0.226. The van der Waals surface area contributed by atoms with Crippen molar-refractivity contribution in [1.29, 1.82) is 0 Å². The number of hydrogen-bond donors (Lipinski definition) is 1. The van der Waals surface area contributed by atoms with Crippen LogP contribution >= 0.6 is 22.9 Å². The maximum absolute atomic E-state index is 6.59. The number of halogens is 1. The molecule has 2 aromatic carbocycles. The van der Waals surface area contributed by atoms with Crippen LogP contribution in [0.2, 0.25) is 5.02 Å². The summed E-state index contributed by atoms with van der Waals surface area (Å²) in [6, 6.07) is 15.2. The van der Waals surface area contributed by atoms with Gasteiger partial charge in [0.1, 0.15) is 29.6 Å². The number of aromatic nitrogens is 3. The Balaban J connectivity index is 1.67. The first-order valence-electron chi connectivity index (χ1n) is 10.3. The largest absolute Gasteiger partial charge is 0.497 e. The molecule has 2 aromatic heterocycles. The summed E-state index contributed by atoms with van der Waals surface area (Å²) in [5.74, 6) is 2.83. The van der Waals surface area contributed by atoms with Gasteiger partial charge in [0.15, 0.2) is 6.10 Å². The molecule has 0 spiro atoms. The van der Waals surface area contributed by atoms with Crippen molar-refractivity contribution in [3.63, 3.8) is 0 Å². The Kier molecular flexibility index (Phi) is 4.78. The third-order valence-electron chi connectivity index (χ3n) is 5.91. The average Bonchev–Trinajstić information content (AvgIpc) is 3.54. The van der Waals surface area contributed by atoms with E-state index in [0.29, 0.717) is 11.0 Å². The molecular formula is C24H19ClN4O3S. The molecule has 0 saturated carbocycles. The van der Waals surface area contributed by atoms with E-state index >= 15 is 0 Å². The van der Waals surface area contributed by atoms with Gasteiger partial charge in [-0.2, -0.15) is 10.1 Å². The molecule has 6 rings (SSSR count). The molecule has 33 heavy (non-hydrogen) atoms. The summed E-state index contributed by atoms with van der Waals surface area (Å²) >= 11 is 8.04. The number of rotatable bonds is 4. The molecule has 0 aliphatic carbocycles. The fraction of sp³-hybridized carbons (Fsp3) is 0.167. The van der Waals surface area contributed by atoms with Gasteiger partial charge in [0.25, 0.3) is 0 Å². The van der Waals surface area contributed by atoms with Crippen LogP contribution in [0, 0.1) is 0 Å². The zero-order chi connectivity index (χ0) is 22.5. The average molecular weight is 479 g/mol. The van der Waals surface area contributed by atoms with Crippen LogP contribution in [0.3, 0.4) is 0 Å². The summed E-state index contributed by atoms with van der Waals surface area (Å²) in [5, 5.41) is 10.7. The zero-order valence-electron chi connectivity index (χ0n) is 17.8. The van der Waals surface area contributed by atoms with Crippen LogP contribution in [-0.4, -0.2) is 29.0 Å². The van der Waals surface area contributed by atoms with Gasteiger partial charge in [0.05, 0.1) is 19.9 Å². The van der Waals surface area contributed by atoms with E-state index in [9.17, 15) is 0 Å². The van der Waals surface area contributed by atoms with Crippen LogP contribution in [0.4, 0.5) is 5.95 Å². The minimum atomic E-state index is -0.344. The minimum absolute atomic E-state index is 0.334. The van der Waals surface area contributed by atoms with Crippen LogP contribution in [0.1, 0.15) is 28.1 Å². The predicted molar refractivity (Wildman–Crippen MR) is 127 cm³/mol. The topological polar surface area (TPSA) is 70.4 Å². The van der Waals surface area contributed by atoms with Crippen molar-refractivity contribution in [2.45, 2.75) is 12.1 Å². The molecule has 7 nitrogen and oxygen atoms in total. The monoisotopic (exact) mass is 478 g/mol. The number of thiophene rings is 1. The summed E-state index contributed by atoms with van der Waals surface area (Å²) < 4.78 is 19.8. The molecule has 4 aromatic rings. The summed E-state index contributed by atoms with van der Waals surface area (Å²) in [7, 11) is 3.31. The molecule has 0 bridgehead atoms. The van der Waals surface area contributed by atoms with Crippen LogP contribution in [0.25, 0.3) is 5.70 Å². The Hall–Kier alpha value is -3.49. The number of anilines is 1. The SMILES string of the molecule is COc1ccc(OC)c(C2C3=C(Nc4ncnn42)c2cc(Cl)ccc2OC3c2cccs2)c1. The van der Waals surface area contributed by atoms with Gasteiger partial charge in [-0.05, 0) is 47.8 Å². The van der Waals surface area contributed by atoms with Crippen LogP contribution in [0.5, 0.6) is 17.2 Å². The Bertz CT molecular complexity index is 1380. The van der Waals surface area contributed by atoms with Crippen molar-refractivity contribution >= 4 is 34.6 Å². The second-order valence-corrected chi connectivity index (χ2v) is 9.06. The van der Waals surface area contributed by atoms with E-state index in [0.717, 1.165) is 44.5 Å². The second kappa shape index (κ2) is 7.83. The molecule has 9 heteroatoms. The summed E-state index contributed by atoms with van der Waals surface area (Å²) in [6.45, 7) is 0. The van der Waals surface area contributed by atoms with Crippen molar-refractivity contribution in [1.82, 2.24) is 14.8 Å². The fourth-order valence-corrected chi connectivity index (χ4v) is 5.42. The third kappa shape index (κ3) is 3.17. The molecule has 2 aliphatic heterocycles. The molecule has 0 saturated heterocycles. The summed E-state index contributed by atoms with van der Waals surface area (Å²) in [4.78, 5) is 5.55. The van der Waals surface area contributed by atoms with E-state index in [2.05, 4.69) is 26.8 Å². The van der Waals surface area contributed by atoms with Gasteiger partial charge in [0, 0.05) is 26.6 Å². The van der Waals surface area contributed by atoms with E-state index < -0.39 is 0 Å². The maximum atomic E-state index is 6.59. The highest BCUT2D eigenvalue weighted by molar-refractivity contribution is 7.10. The maximum Gasteiger partial charge on any atom is 0.226 e. The number of benzene rings is 2. The Morgan fingerprint density at radius 1 is 1.12 bits per heavy atom. The van der Waals surface area contributed by atoms with E-state index in [1.165, 1.54) is 0 Å². The first-order valence-corrected chi connectivity index (χ1v) is 11.6. The molecule has 0 amide bonds. The van der Waals surface area contributed by atoms with Gasteiger partial charge in [-0.25, -0.2) is 4.68 Å². The molecule has 0 fully saturated rings. The standard InChI is InChI=1S/C24H19ClN4O3S/c1-30-14-6-8-17(31-2)16(11-14)22-20-21(28-24-26-12-27-29(22)24)15-10-13(25)5-7-18(15)32-23(20)19-4-3-9-33-19/h3-12,22-23H,1-2H3,(H,26,27,28). The van der Waals surface area contributed by atoms with Gasteiger partial charge in [-0.15, -0.1) is 11.3 Å². The number of ether oxygens (including phenoxy) is 3. The minimum Gasteiger partial charge on any atom is -0.497 e. The first-order chi connectivity index (χ1) is 16.2. The van der Waals surface area contributed by atoms with E-state index in [-0.39, 0.29) is 12.1 Å². The van der Waals surface area contributed by atoms with Crippen LogP contribution in [-0.2, 0) is 0 Å². The van der Waals surface area contributed by atoms with Crippen molar-refractivity contribution in [3.8, 4) is 17.2 Å². The lowest BCUT2D eigenvalue weighted by Crippen LogP contribution is -2.32. The third-order valence-corrected chi connectivity index (χ3v) is 7.06. The summed E-state index contributed by atoms with van der Waals surface area (Å²) in [5.41, 5.74) is 3.68. The van der Waals surface area contributed by atoms with E-state index in [4.69, 9.17) is 25.8 Å². The summed E-state index contributed by atoms with van der Waals surface area (Å²) in [6.07, 6.45) is 1.21. The smallest absolute Gasteiger partial charge is 0.226 e. The van der Waals surface area contributed by atoms with Crippen LogP contribution < -0.4 is 19.5 Å². The zero-order valence-corrected chi connectivity index (χ0v) is 19.4. The normalized spacial score (nSPS) is 18.5. The molecule has 166 valence electrons. The number of nitrogens with zero attached hydrogens (tertiary/aromatic N) is 3. The fourth-order valence-electron chi connectivity index (χ4n) is 4.47. The highest BCUT2D eigenvalue weighted by atomic mass is 35.5. The van der Waals surface area contributed by atoms with E-state index in [1.54, 1.807) is 31.9 Å². The predicted octanol–water partition coefficient (Wildman–Crippen LogP) is 5.57. The van der Waals surface area contributed by atoms with Gasteiger partial charge in [0.2, 0.25) is 5.95 Å². The molecule has 4 heterocycles. The molecule has 0 radical (unpaired) electrons. The number of nitrogens with one attached hydrogen (secondary N) is 1. The Morgan fingerprint density at radius 3 is 2.82 bits per heavy atom. The van der Waals surface area contributed by atoms with Crippen molar-refractivity contribution in [2.24, 2.45) is 0 Å². The van der Waals surface area contributed by atoms with Gasteiger partial charge in [-0.1, -0.05) is 17.7 Å². The lowest BCUT2D eigenvalue weighted by Gasteiger charge is -2.38. The molecule has 2 aliphatic rings. The number of hydrogen-bond acceptors (Lipinski definition) is 7. The highest BCUT2D eigenvalue weighted by Crippen LogP contribution is 2.53. The number of methoxy groups -OCH3 is 2. The quantitative estimate of drug-likeness (QED) is 0.413. The molecule has 2 unspecified atom stereocenters. The number of fused-ring (bicyclic) bond motifs is 3. The van der Waals surface area contributed by atoms with Gasteiger partial charge in [-0.3, -0.25) is 0 Å². The second-order valence-electron chi connectivity index (χ2n) is 7.65. The van der Waals surface area contributed by atoms with E-state index in [1.807, 2.05) is 47.1 Å². The first kappa shape index (κ1) is 20.1. The van der Waals surface area contributed by atoms with Gasteiger partial charge < -0.3 is 19.5 Å².